The Labute approximate surface area is 114 Å². The highest BCUT2D eigenvalue weighted by atomic mass is 16.5. The smallest absolute Gasteiger partial charge is 0.339 e. The van der Waals surface area contributed by atoms with Crippen LogP contribution in [0.3, 0.4) is 0 Å². The SMILES string of the molecule is COCc1c(C(=O)O)cnn1-c1ccc(C(=O)O)cc1. The topological polar surface area (TPSA) is 102 Å². The summed E-state index contributed by atoms with van der Waals surface area (Å²) in [6.07, 6.45) is 1.24. The predicted molar refractivity (Wildman–Crippen MR) is 68.2 cm³/mol. The summed E-state index contributed by atoms with van der Waals surface area (Å²) in [5.74, 6) is -2.12. The summed E-state index contributed by atoms with van der Waals surface area (Å²) in [4.78, 5) is 21.9. The number of carboxylic acid groups (broad SMARTS) is 2. The van der Waals surface area contributed by atoms with E-state index in [4.69, 9.17) is 14.9 Å². The number of methoxy groups -OCH3 is 1. The summed E-state index contributed by atoms with van der Waals surface area (Å²) >= 11 is 0. The van der Waals surface area contributed by atoms with Gasteiger partial charge >= 0.3 is 11.9 Å². The van der Waals surface area contributed by atoms with Crippen molar-refractivity contribution < 1.29 is 24.5 Å². The molecule has 7 heteroatoms. The standard InChI is InChI=1S/C13H12N2O5/c1-20-7-11-10(13(18)19)6-14-15(11)9-4-2-8(3-5-9)12(16)17/h2-6H,7H2,1H3,(H,16,17)(H,18,19). The number of hydrogen-bond acceptors (Lipinski definition) is 4. The van der Waals surface area contributed by atoms with Gasteiger partial charge in [-0.3, -0.25) is 0 Å². The molecular formula is C13H12N2O5. The van der Waals surface area contributed by atoms with Gasteiger partial charge in [-0.2, -0.15) is 5.10 Å². The molecule has 2 aromatic rings. The van der Waals surface area contributed by atoms with Gasteiger partial charge < -0.3 is 14.9 Å². The van der Waals surface area contributed by atoms with Crippen molar-refractivity contribution in [1.82, 2.24) is 9.78 Å². The van der Waals surface area contributed by atoms with E-state index in [-0.39, 0.29) is 17.7 Å². The molecule has 7 nitrogen and oxygen atoms in total. The van der Waals surface area contributed by atoms with Crippen LogP contribution in [-0.2, 0) is 11.3 Å². The highest BCUT2D eigenvalue weighted by Gasteiger charge is 2.17. The summed E-state index contributed by atoms with van der Waals surface area (Å²) in [6, 6.07) is 5.97. The van der Waals surface area contributed by atoms with Gasteiger partial charge in [-0.25, -0.2) is 14.3 Å². The Kier molecular flexibility index (Phi) is 3.81. The molecule has 0 radical (unpaired) electrons. The van der Waals surface area contributed by atoms with Gasteiger partial charge in [0.25, 0.3) is 0 Å². The minimum Gasteiger partial charge on any atom is -0.478 e. The Hall–Kier alpha value is -2.67. The molecule has 0 fully saturated rings. The fraction of sp³-hybridized carbons (Fsp3) is 0.154. The van der Waals surface area contributed by atoms with Crippen LogP contribution in [0.25, 0.3) is 5.69 Å². The summed E-state index contributed by atoms with van der Waals surface area (Å²) in [5, 5.41) is 21.9. The molecule has 0 aliphatic rings. The van der Waals surface area contributed by atoms with Crippen molar-refractivity contribution in [1.29, 1.82) is 0 Å². The van der Waals surface area contributed by atoms with Gasteiger partial charge in [0.05, 0.1) is 29.7 Å². The number of hydrogen-bond donors (Lipinski definition) is 2. The molecule has 0 aliphatic carbocycles. The lowest BCUT2D eigenvalue weighted by Crippen LogP contribution is -2.08. The van der Waals surface area contributed by atoms with E-state index < -0.39 is 11.9 Å². The molecule has 20 heavy (non-hydrogen) atoms. The Bertz CT molecular complexity index is 645. The Balaban J connectivity index is 2.46. The summed E-state index contributed by atoms with van der Waals surface area (Å²) in [6.45, 7) is 0.0856. The van der Waals surface area contributed by atoms with Crippen LogP contribution < -0.4 is 0 Å². The zero-order valence-electron chi connectivity index (χ0n) is 10.6. The zero-order valence-corrected chi connectivity index (χ0v) is 10.6. The van der Waals surface area contributed by atoms with Crippen molar-refractivity contribution in [2.24, 2.45) is 0 Å². The Morgan fingerprint density at radius 2 is 1.85 bits per heavy atom. The van der Waals surface area contributed by atoms with Gasteiger partial charge in [-0.15, -0.1) is 0 Å². The lowest BCUT2D eigenvalue weighted by atomic mass is 10.2. The summed E-state index contributed by atoms with van der Waals surface area (Å²) < 4.78 is 6.40. The van der Waals surface area contributed by atoms with Crippen LogP contribution in [0.2, 0.25) is 0 Å². The van der Waals surface area contributed by atoms with Crippen molar-refractivity contribution in [3.05, 3.63) is 47.3 Å². The molecule has 0 aliphatic heterocycles. The second-order valence-corrected chi connectivity index (χ2v) is 4.01. The molecular weight excluding hydrogens is 264 g/mol. The van der Waals surface area contributed by atoms with E-state index >= 15 is 0 Å². The summed E-state index contributed by atoms with van der Waals surface area (Å²) in [7, 11) is 1.45. The Morgan fingerprint density at radius 1 is 1.20 bits per heavy atom. The van der Waals surface area contributed by atoms with Crippen molar-refractivity contribution in [2.75, 3.05) is 7.11 Å². The van der Waals surface area contributed by atoms with E-state index in [1.807, 2.05) is 0 Å². The van der Waals surface area contributed by atoms with Gasteiger partial charge in [0, 0.05) is 7.11 Å². The first kappa shape index (κ1) is 13.8. The Morgan fingerprint density at radius 3 is 2.35 bits per heavy atom. The average molecular weight is 276 g/mol. The minimum atomic E-state index is -1.09. The van der Waals surface area contributed by atoms with Crippen LogP contribution in [0.4, 0.5) is 0 Å². The molecule has 0 atom stereocenters. The van der Waals surface area contributed by atoms with Crippen LogP contribution in [0.15, 0.2) is 30.5 Å². The monoisotopic (exact) mass is 276 g/mol. The third-order valence-corrected chi connectivity index (χ3v) is 2.74. The third kappa shape index (κ3) is 2.52. The maximum absolute atomic E-state index is 11.1. The highest BCUT2D eigenvalue weighted by molar-refractivity contribution is 5.89. The molecule has 1 aromatic carbocycles. The third-order valence-electron chi connectivity index (χ3n) is 2.74. The van der Waals surface area contributed by atoms with E-state index in [1.165, 1.54) is 30.1 Å². The lowest BCUT2D eigenvalue weighted by molar-refractivity contribution is 0.0683. The van der Waals surface area contributed by atoms with Gasteiger partial charge in [0.1, 0.15) is 5.56 Å². The number of nitrogens with zero attached hydrogens (tertiary/aromatic N) is 2. The van der Waals surface area contributed by atoms with Crippen LogP contribution in [0.1, 0.15) is 26.4 Å². The predicted octanol–water partition coefficient (Wildman–Crippen LogP) is 1.42. The van der Waals surface area contributed by atoms with Crippen molar-refractivity contribution in [3.63, 3.8) is 0 Å². The molecule has 2 rings (SSSR count). The van der Waals surface area contributed by atoms with E-state index in [0.29, 0.717) is 11.4 Å². The highest BCUT2D eigenvalue weighted by Crippen LogP contribution is 2.17. The molecule has 0 saturated carbocycles. The second-order valence-electron chi connectivity index (χ2n) is 4.01. The fourth-order valence-corrected chi connectivity index (χ4v) is 1.80. The van der Waals surface area contributed by atoms with Crippen LogP contribution in [-0.4, -0.2) is 39.0 Å². The molecule has 1 heterocycles. The maximum atomic E-state index is 11.1. The largest absolute Gasteiger partial charge is 0.478 e. The van der Waals surface area contributed by atoms with Crippen molar-refractivity contribution in [2.45, 2.75) is 6.61 Å². The van der Waals surface area contributed by atoms with E-state index in [9.17, 15) is 9.59 Å². The molecule has 1 aromatic heterocycles. The molecule has 0 amide bonds. The molecule has 0 spiro atoms. The number of aromatic nitrogens is 2. The number of benzene rings is 1. The van der Waals surface area contributed by atoms with Crippen molar-refractivity contribution in [3.8, 4) is 5.69 Å². The van der Waals surface area contributed by atoms with Gasteiger partial charge in [0.2, 0.25) is 0 Å². The van der Waals surface area contributed by atoms with Crippen molar-refractivity contribution >= 4 is 11.9 Å². The van der Waals surface area contributed by atoms with Crippen LogP contribution >= 0.6 is 0 Å². The van der Waals surface area contributed by atoms with Gasteiger partial charge in [-0.05, 0) is 24.3 Å². The van der Waals surface area contributed by atoms with Crippen LogP contribution in [0, 0.1) is 0 Å². The zero-order chi connectivity index (χ0) is 14.7. The lowest BCUT2D eigenvalue weighted by Gasteiger charge is -2.08. The van der Waals surface area contributed by atoms with E-state index in [1.54, 1.807) is 12.1 Å². The van der Waals surface area contributed by atoms with Gasteiger partial charge in [0.15, 0.2) is 0 Å². The minimum absolute atomic E-state index is 0.0501. The van der Waals surface area contributed by atoms with E-state index in [2.05, 4.69) is 5.10 Å². The quantitative estimate of drug-likeness (QED) is 0.856. The molecule has 0 bridgehead atoms. The number of carboxylic acids is 2. The first-order chi connectivity index (χ1) is 9.54. The summed E-state index contributed by atoms with van der Waals surface area (Å²) in [5.41, 5.74) is 1.15. The second kappa shape index (κ2) is 5.54. The molecule has 2 N–H and O–H groups in total. The number of aromatic carboxylic acids is 2. The van der Waals surface area contributed by atoms with Crippen LogP contribution in [0.5, 0.6) is 0 Å². The number of ether oxygens (including phenoxy) is 1. The molecule has 0 unspecified atom stereocenters. The molecule has 104 valence electrons. The average Bonchev–Trinajstić information content (AvgIpc) is 2.83. The maximum Gasteiger partial charge on any atom is 0.339 e. The number of rotatable bonds is 5. The first-order valence-corrected chi connectivity index (χ1v) is 5.67. The normalized spacial score (nSPS) is 10.4. The number of carbonyl (C=O) groups is 2. The first-order valence-electron chi connectivity index (χ1n) is 5.67. The van der Waals surface area contributed by atoms with E-state index in [0.717, 1.165) is 0 Å². The fourth-order valence-electron chi connectivity index (χ4n) is 1.80. The molecule has 0 saturated heterocycles. The van der Waals surface area contributed by atoms with Gasteiger partial charge in [-0.1, -0.05) is 0 Å².